The number of pyridine rings is 1. The van der Waals surface area contributed by atoms with Crippen LogP contribution in [0.5, 0.6) is 5.75 Å². The number of amides is 1. The van der Waals surface area contributed by atoms with Crippen molar-refractivity contribution in [3.8, 4) is 11.6 Å². The minimum absolute atomic E-state index is 0.0734. The summed E-state index contributed by atoms with van der Waals surface area (Å²) in [5.41, 5.74) is 3.56. The minimum atomic E-state index is -0.151. The summed E-state index contributed by atoms with van der Waals surface area (Å²) in [4.78, 5) is 17.4. The number of rotatable bonds is 6. The summed E-state index contributed by atoms with van der Waals surface area (Å²) in [6.07, 6.45) is 3.87. The predicted octanol–water partition coefficient (Wildman–Crippen LogP) is 3.93. The van der Waals surface area contributed by atoms with Crippen LogP contribution in [0.25, 0.3) is 16.9 Å². The van der Waals surface area contributed by atoms with E-state index in [1.165, 1.54) is 0 Å². The number of methoxy groups -OCH3 is 1. The summed E-state index contributed by atoms with van der Waals surface area (Å²) in [5.74, 6) is 1.34. The van der Waals surface area contributed by atoms with Crippen LogP contribution in [0.2, 0.25) is 0 Å². The van der Waals surface area contributed by atoms with Crippen molar-refractivity contribution in [2.24, 2.45) is 0 Å². The van der Waals surface area contributed by atoms with Crippen molar-refractivity contribution in [1.29, 1.82) is 0 Å². The van der Waals surface area contributed by atoms with Crippen LogP contribution >= 0.6 is 15.9 Å². The largest absolute Gasteiger partial charge is 0.496 e. The lowest BCUT2D eigenvalue weighted by atomic mass is 10.2. The summed E-state index contributed by atoms with van der Waals surface area (Å²) in [6, 6.07) is 11.6. The normalized spacial score (nSPS) is 11.1. The van der Waals surface area contributed by atoms with Gasteiger partial charge in [-0.15, -0.1) is 0 Å². The minimum Gasteiger partial charge on any atom is -0.496 e. The lowest BCUT2D eigenvalue weighted by molar-refractivity contribution is -0.121. The molecule has 0 saturated carbocycles. The van der Waals surface area contributed by atoms with Crippen LogP contribution in [0.4, 0.5) is 0 Å². The lowest BCUT2D eigenvalue weighted by Crippen LogP contribution is -2.28. The lowest BCUT2D eigenvalue weighted by Gasteiger charge is -2.10. The number of benzene rings is 1. The van der Waals surface area contributed by atoms with E-state index in [0.29, 0.717) is 12.2 Å². The van der Waals surface area contributed by atoms with Gasteiger partial charge in [-0.1, -0.05) is 15.9 Å². The van der Waals surface area contributed by atoms with Gasteiger partial charge in [0.1, 0.15) is 12.3 Å². The number of carbonyl (C=O) groups excluding carboxylic acids is 1. The van der Waals surface area contributed by atoms with Crippen molar-refractivity contribution in [3.05, 3.63) is 70.1 Å². The average Bonchev–Trinajstić information content (AvgIpc) is 3.35. The van der Waals surface area contributed by atoms with Gasteiger partial charge in [-0.25, -0.2) is 9.67 Å². The second-order valence-corrected chi connectivity index (χ2v) is 8.00. The zero-order chi connectivity index (χ0) is 21.3. The molecule has 4 aromatic rings. The molecule has 0 aliphatic carbocycles. The summed E-state index contributed by atoms with van der Waals surface area (Å²) in [6.45, 7) is 4.41. The molecule has 0 unspecified atom stereocenters. The van der Waals surface area contributed by atoms with Gasteiger partial charge >= 0.3 is 0 Å². The van der Waals surface area contributed by atoms with Gasteiger partial charge in [0.2, 0.25) is 5.91 Å². The third-order valence-corrected chi connectivity index (χ3v) is 5.36. The number of nitrogens with zero attached hydrogens (tertiary/aromatic N) is 4. The highest BCUT2D eigenvalue weighted by Crippen LogP contribution is 2.25. The Labute approximate surface area is 182 Å². The molecule has 0 saturated heterocycles. The number of carbonyl (C=O) groups is 1. The van der Waals surface area contributed by atoms with E-state index in [2.05, 4.69) is 26.2 Å². The van der Waals surface area contributed by atoms with Gasteiger partial charge in [0.05, 0.1) is 12.5 Å². The van der Waals surface area contributed by atoms with Crippen molar-refractivity contribution >= 4 is 32.9 Å². The van der Waals surface area contributed by atoms with Crippen molar-refractivity contribution in [1.82, 2.24) is 24.6 Å². The van der Waals surface area contributed by atoms with Gasteiger partial charge in [-0.3, -0.25) is 4.79 Å². The summed E-state index contributed by atoms with van der Waals surface area (Å²) in [7, 11) is 1.61. The molecule has 3 heterocycles. The zero-order valence-electron chi connectivity index (χ0n) is 17.0. The van der Waals surface area contributed by atoms with E-state index in [9.17, 15) is 4.79 Å². The highest BCUT2D eigenvalue weighted by atomic mass is 79.9. The van der Waals surface area contributed by atoms with Gasteiger partial charge in [0.15, 0.2) is 11.5 Å². The van der Waals surface area contributed by atoms with E-state index in [1.54, 1.807) is 11.8 Å². The van der Waals surface area contributed by atoms with E-state index >= 15 is 0 Å². The van der Waals surface area contributed by atoms with Crippen molar-refractivity contribution < 1.29 is 9.53 Å². The molecule has 30 heavy (non-hydrogen) atoms. The first-order valence-electron chi connectivity index (χ1n) is 9.53. The van der Waals surface area contributed by atoms with Crippen molar-refractivity contribution in [3.63, 3.8) is 0 Å². The van der Waals surface area contributed by atoms with E-state index in [0.717, 1.165) is 38.2 Å². The number of nitrogens with one attached hydrogen (secondary N) is 1. The second kappa shape index (κ2) is 8.31. The summed E-state index contributed by atoms with van der Waals surface area (Å²) in [5, 5.41) is 8.60. The Morgan fingerprint density at radius 3 is 2.70 bits per heavy atom. The number of ether oxygens (including phenoxy) is 1. The van der Waals surface area contributed by atoms with Gasteiger partial charge in [-0.05, 0) is 55.8 Å². The number of aromatic nitrogens is 4. The zero-order valence-corrected chi connectivity index (χ0v) is 18.6. The van der Waals surface area contributed by atoms with Gasteiger partial charge in [-0.2, -0.15) is 5.10 Å². The first kappa shape index (κ1) is 20.2. The number of aryl methyl sites for hydroxylation is 2. The molecule has 0 aliphatic rings. The van der Waals surface area contributed by atoms with E-state index in [-0.39, 0.29) is 12.5 Å². The smallest absolute Gasteiger partial charge is 0.242 e. The van der Waals surface area contributed by atoms with Crippen LogP contribution in [0.3, 0.4) is 0 Å². The molecule has 0 aliphatic heterocycles. The number of hydrogen-bond acceptors (Lipinski definition) is 4. The average molecular weight is 468 g/mol. The fourth-order valence-electron chi connectivity index (χ4n) is 3.53. The third kappa shape index (κ3) is 3.95. The Bertz CT molecular complexity index is 1210. The monoisotopic (exact) mass is 467 g/mol. The van der Waals surface area contributed by atoms with Crippen LogP contribution in [0.15, 0.2) is 53.3 Å². The molecule has 0 spiro atoms. The van der Waals surface area contributed by atoms with Crippen molar-refractivity contribution in [2.45, 2.75) is 26.9 Å². The molecule has 7 nitrogen and oxygen atoms in total. The fourth-order valence-corrected chi connectivity index (χ4v) is 3.94. The maximum absolute atomic E-state index is 12.7. The number of hydrogen-bond donors (Lipinski definition) is 1. The Morgan fingerprint density at radius 1 is 1.20 bits per heavy atom. The Kier molecular flexibility index (Phi) is 5.59. The first-order chi connectivity index (χ1) is 14.5. The Balaban J connectivity index is 1.61. The molecule has 1 aromatic carbocycles. The summed E-state index contributed by atoms with van der Waals surface area (Å²) < 4.78 is 9.91. The van der Waals surface area contributed by atoms with Crippen molar-refractivity contribution in [2.75, 3.05) is 7.11 Å². The van der Waals surface area contributed by atoms with Gasteiger partial charge < -0.3 is 14.6 Å². The fraction of sp³-hybridized carbons (Fsp3) is 0.227. The topological polar surface area (TPSA) is 74.0 Å². The van der Waals surface area contributed by atoms with Crippen LogP contribution < -0.4 is 10.1 Å². The molecule has 154 valence electrons. The molecule has 8 heteroatoms. The van der Waals surface area contributed by atoms with Crippen LogP contribution in [0, 0.1) is 13.8 Å². The van der Waals surface area contributed by atoms with Gasteiger partial charge in [0, 0.05) is 34.7 Å². The quantitative estimate of drug-likeness (QED) is 0.466. The van der Waals surface area contributed by atoms with E-state index in [4.69, 9.17) is 9.84 Å². The summed E-state index contributed by atoms with van der Waals surface area (Å²) >= 11 is 3.46. The number of fused-ring (bicyclic) bond motifs is 1. The molecule has 3 aromatic heterocycles. The van der Waals surface area contributed by atoms with Crippen LogP contribution in [-0.2, 0) is 17.9 Å². The standard InChI is InChI=1S/C22H22BrN5O2/c1-14-10-15(2)25-21-20(14)22(27-8-4-5-9-27)26-28(21)13-19(29)24-12-16-11-17(23)6-7-18(16)30-3/h4-11H,12-13H2,1-3H3,(H,24,29). The molecule has 0 bridgehead atoms. The predicted molar refractivity (Wildman–Crippen MR) is 119 cm³/mol. The molecule has 0 fully saturated rings. The highest BCUT2D eigenvalue weighted by Gasteiger charge is 2.18. The van der Waals surface area contributed by atoms with E-state index in [1.807, 2.05) is 67.2 Å². The highest BCUT2D eigenvalue weighted by molar-refractivity contribution is 9.10. The number of halogens is 1. The molecular weight excluding hydrogens is 446 g/mol. The van der Waals surface area contributed by atoms with Crippen LogP contribution in [-0.4, -0.2) is 32.3 Å². The molecule has 4 rings (SSSR count). The molecule has 0 atom stereocenters. The molecule has 1 N–H and O–H groups in total. The first-order valence-corrected chi connectivity index (χ1v) is 10.3. The maximum Gasteiger partial charge on any atom is 0.242 e. The Hall–Kier alpha value is -3.13. The Morgan fingerprint density at radius 2 is 1.97 bits per heavy atom. The van der Waals surface area contributed by atoms with E-state index < -0.39 is 0 Å². The molecular formula is C22H22BrN5O2. The SMILES string of the molecule is COc1ccc(Br)cc1CNC(=O)Cn1nc(-n2cccc2)c2c(C)cc(C)nc21. The van der Waals surface area contributed by atoms with Crippen LogP contribution in [0.1, 0.15) is 16.8 Å². The second-order valence-electron chi connectivity index (χ2n) is 7.08. The molecule has 1 amide bonds. The molecule has 0 radical (unpaired) electrons. The third-order valence-electron chi connectivity index (χ3n) is 4.87. The van der Waals surface area contributed by atoms with Gasteiger partial charge in [0.25, 0.3) is 0 Å². The maximum atomic E-state index is 12.7.